The highest BCUT2D eigenvalue weighted by Crippen LogP contribution is 2.37. The molecule has 1 aliphatic carbocycles. The predicted molar refractivity (Wildman–Crippen MR) is 92.5 cm³/mol. The van der Waals surface area contributed by atoms with E-state index in [-0.39, 0.29) is 18.3 Å². The van der Waals surface area contributed by atoms with Gasteiger partial charge in [0.05, 0.1) is 5.69 Å². The molecule has 1 aromatic heterocycles. The number of thiazole rings is 1. The normalized spacial score (nSPS) is 27.5. The van der Waals surface area contributed by atoms with Gasteiger partial charge in [-0.15, -0.1) is 23.7 Å². The molecule has 2 fully saturated rings. The smallest absolute Gasteiger partial charge is 0.225 e. The summed E-state index contributed by atoms with van der Waals surface area (Å²) >= 11 is 1.56. The summed E-state index contributed by atoms with van der Waals surface area (Å²) in [4.78, 5) is 20.4. The van der Waals surface area contributed by atoms with Gasteiger partial charge < -0.3 is 5.73 Å². The number of hydrogen-bond donors (Lipinski definition) is 1. The molecular formula is C15H25ClN4OS. The van der Waals surface area contributed by atoms with E-state index < -0.39 is 0 Å². The molecule has 3 unspecified atom stereocenters. The Morgan fingerprint density at radius 3 is 2.91 bits per heavy atom. The minimum Gasteiger partial charge on any atom is -0.327 e. The molecule has 1 aromatic rings. The van der Waals surface area contributed by atoms with E-state index in [9.17, 15) is 4.79 Å². The third-order valence-electron chi connectivity index (χ3n) is 4.84. The maximum Gasteiger partial charge on any atom is 0.225 e. The monoisotopic (exact) mass is 344 g/mol. The molecule has 1 saturated heterocycles. The fraction of sp³-hybridized carbons (Fsp3) is 0.733. The van der Waals surface area contributed by atoms with Crippen molar-refractivity contribution in [3.8, 4) is 0 Å². The van der Waals surface area contributed by atoms with Gasteiger partial charge in [-0.05, 0) is 31.6 Å². The van der Waals surface area contributed by atoms with E-state index in [4.69, 9.17) is 5.73 Å². The van der Waals surface area contributed by atoms with Crippen LogP contribution in [0.2, 0.25) is 0 Å². The molecule has 3 rings (SSSR count). The van der Waals surface area contributed by atoms with Crippen molar-refractivity contribution in [1.82, 2.24) is 9.88 Å². The Hall–Kier alpha value is -0.690. The number of nitrogens with zero attached hydrogens (tertiary/aromatic N) is 3. The molecule has 0 aromatic carbocycles. The van der Waals surface area contributed by atoms with Gasteiger partial charge in [-0.1, -0.05) is 0 Å². The highest BCUT2D eigenvalue weighted by Gasteiger charge is 2.40. The van der Waals surface area contributed by atoms with Crippen LogP contribution in [0.15, 0.2) is 5.38 Å². The summed E-state index contributed by atoms with van der Waals surface area (Å²) in [6.07, 6.45) is 2.46. The number of anilines is 1. The van der Waals surface area contributed by atoms with Gasteiger partial charge in [0.25, 0.3) is 0 Å². The van der Waals surface area contributed by atoms with Gasteiger partial charge in [0.1, 0.15) is 0 Å². The molecule has 0 spiro atoms. The van der Waals surface area contributed by atoms with Crippen LogP contribution in [0.25, 0.3) is 0 Å². The van der Waals surface area contributed by atoms with Crippen LogP contribution in [-0.4, -0.2) is 41.5 Å². The summed E-state index contributed by atoms with van der Waals surface area (Å²) in [5.74, 6) is 1.51. The van der Waals surface area contributed by atoms with Crippen molar-refractivity contribution in [3.63, 3.8) is 0 Å². The summed E-state index contributed by atoms with van der Waals surface area (Å²) in [7, 11) is 0. The second-order valence-corrected chi connectivity index (χ2v) is 7.08. The lowest BCUT2D eigenvalue weighted by molar-refractivity contribution is -0.116. The van der Waals surface area contributed by atoms with Crippen LogP contribution in [-0.2, 0) is 11.3 Å². The fourth-order valence-electron chi connectivity index (χ4n) is 3.74. The fourth-order valence-corrected chi connectivity index (χ4v) is 4.67. The number of carbonyl (C=O) groups excluding carboxylic acids is 1. The Balaban J connectivity index is 0.00000176. The lowest BCUT2D eigenvalue weighted by atomic mass is 9.98. The van der Waals surface area contributed by atoms with Crippen LogP contribution < -0.4 is 10.6 Å². The van der Waals surface area contributed by atoms with Crippen LogP contribution in [0, 0.1) is 11.8 Å². The molecule has 22 heavy (non-hydrogen) atoms. The zero-order valence-electron chi connectivity index (χ0n) is 13.2. The first-order valence-electron chi connectivity index (χ1n) is 7.79. The zero-order chi connectivity index (χ0) is 15.0. The molecule has 0 bridgehead atoms. The van der Waals surface area contributed by atoms with Crippen LogP contribution in [0.3, 0.4) is 0 Å². The van der Waals surface area contributed by atoms with Crippen molar-refractivity contribution >= 4 is 34.8 Å². The standard InChI is InChI=1S/C15H24N4OS.ClH/c1-3-19(10(2)20)15-17-12(9-21-15)7-18-6-11-4-5-14(16)13(11)8-18;/h9,11,13-14H,3-8,16H2,1-2H3;1H. The van der Waals surface area contributed by atoms with E-state index in [2.05, 4.69) is 15.3 Å². The van der Waals surface area contributed by atoms with E-state index in [1.54, 1.807) is 23.2 Å². The first kappa shape index (κ1) is 17.7. The molecule has 124 valence electrons. The zero-order valence-corrected chi connectivity index (χ0v) is 14.8. The number of fused-ring (bicyclic) bond motifs is 1. The molecule has 1 amide bonds. The van der Waals surface area contributed by atoms with Gasteiger partial charge in [0.2, 0.25) is 5.91 Å². The first-order chi connectivity index (χ1) is 10.1. The van der Waals surface area contributed by atoms with Gasteiger partial charge in [0, 0.05) is 44.5 Å². The predicted octanol–water partition coefficient (Wildman–Crippen LogP) is 2.11. The van der Waals surface area contributed by atoms with E-state index >= 15 is 0 Å². The van der Waals surface area contributed by atoms with Gasteiger partial charge in [-0.2, -0.15) is 0 Å². The third kappa shape index (κ3) is 3.45. The summed E-state index contributed by atoms with van der Waals surface area (Å²) in [5, 5.41) is 2.89. The van der Waals surface area contributed by atoms with Crippen molar-refractivity contribution in [2.45, 2.75) is 39.3 Å². The molecule has 2 heterocycles. The minimum atomic E-state index is 0. The van der Waals surface area contributed by atoms with Gasteiger partial charge in [-0.25, -0.2) is 4.98 Å². The Kier molecular flexibility index (Phi) is 5.82. The highest BCUT2D eigenvalue weighted by atomic mass is 35.5. The largest absolute Gasteiger partial charge is 0.327 e. The quantitative estimate of drug-likeness (QED) is 0.908. The number of nitrogens with two attached hydrogens (primary N) is 1. The van der Waals surface area contributed by atoms with Crippen molar-refractivity contribution in [3.05, 3.63) is 11.1 Å². The van der Waals surface area contributed by atoms with Crippen LogP contribution in [0.4, 0.5) is 5.13 Å². The Morgan fingerprint density at radius 2 is 2.27 bits per heavy atom. The summed E-state index contributed by atoms with van der Waals surface area (Å²) < 4.78 is 0. The van der Waals surface area contributed by atoms with E-state index in [1.165, 1.54) is 12.8 Å². The van der Waals surface area contributed by atoms with Gasteiger partial charge in [0.15, 0.2) is 5.13 Å². The number of hydrogen-bond acceptors (Lipinski definition) is 5. The van der Waals surface area contributed by atoms with Crippen molar-refractivity contribution in [1.29, 1.82) is 0 Å². The minimum absolute atomic E-state index is 0. The van der Waals surface area contributed by atoms with Gasteiger partial charge in [-0.3, -0.25) is 14.6 Å². The van der Waals surface area contributed by atoms with E-state index in [0.29, 0.717) is 18.5 Å². The molecule has 0 radical (unpaired) electrons. The maximum absolute atomic E-state index is 11.6. The Labute approximate surface area is 142 Å². The van der Waals surface area contributed by atoms with Gasteiger partial charge >= 0.3 is 0 Å². The van der Waals surface area contributed by atoms with Crippen molar-refractivity contribution in [2.24, 2.45) is 17.6 Å². The molecule has 2 aliphatic rings. The number of halogens is 1. The summed E-state index contributed by atoms with van der Waals surface area (Å²) in [5.41, 5.74) is 7.26. The maximum atomic E-state index is 11.6. The number of amides is 1. The topological polar surface area (TPSA) is 62.5 Å². The average Bonchev–Trinajstić information content (AvgIpc) is 3.10. The number of likely N-dealkylation sites (tertiary alicyclic amines) is 1. The van der Waals surface area contributed by atoms with Crippen LogP contribution in [0.1, 0.15) is 32.4 Å². The Bertz CT molecular complexity index is 523. The molecule has 7 heteroatoms. The average molecular weight is 345 g/mol. The summed E-state index contributed by atoms with van der Waals surface area (Å²) in [6, 6.07) is 0.388. The highest BCUT2D eigenvalue weighted by molar-refractivity contribution is 7.14. The molecule has 1 aliphatic heterocycles. The first-order valence-corrected chi connectivity index (χ1v) is 8.67. The lowest BCUT2D eigenvalue weighted by Gasteiger charge is -2.17. The number of rotatable bonds is 4. The second-order valence-electron chi connectivity index (χ2n) is 6.24. The lowest BCUT2D eigenvalue weighted by Crippen LogP contribution is -2.30. The second kappa shape index (κ2) is 7.25. The molecular weight excluding hydrogens is 320 g/mol. The molecule has 5 nitrogen and oxygen atoms in total. The molecule has 3 atom stereocenters. The number of carbonyl (C=O) groups is 1. The van der Waals surface area contributed by atoms with Crippen LogP contribution >= 0.6 is 23.7 Å². The SMILES string of the molecule is CCN(C(C)=O)c1nc(CN2CC3CCC(N)C3C2)cs1.Cl. The number of aromatic nitrogens is 1. The third-order valence-corrected chi connectivity index (χ3v) is 5.75. The molecule has 1 saturated carbocycles. The van der Waals surface area contributed by atoms with E-state index in [1.807, 2.05) is 6.92 Å². The van der Waals surface area contributed by atoms with Crippen molar-refractivity contribution < 1.29 is 4.79 Å². The van der Waals surface area contributed by atoms with E-state index in [0.717, 1.165) is 36.4 Å². The Morgan fingerprint density at radius 1 is 1.50 bits per heavy atom. The van der Waals surface area contributed by atoms with Crippen LogP contribution in [0.5, 0.6) is 0 Å². The summed E-state index contributed by atoms with van der Waals surface area (Å²) in [6.45, 7) is 7.37. The van der Waals surface area contributed by atoms with Crippen molar-refractivity contribution in [2.75, 3.05) is 24.5 Å². The molecule has 2 N–H and O–H groups in total.